The maximum atomic E-state index is 12.7. The molecule has 1 aliphatic rings. The Kier molecular flexibility index (Phi) is 7.12. The third-order valence-corrected chi connectivity index (χ3v) is 4.52. The summed E-state index contributed by atoms with van der Waals surface area (Å²) >= 11 is 0. The van der Waals surface area contributed by atoms with Crippen molar-refractivity contribution in [3.63, 3.8) is 0 Å². The van der Waals surface area contributed by atoms with Crippen molar-refractivity contribution in [3.05, 3.63) is 28.8 Å². The largest absolute Gasteiger partial charge is 0.461 e. The summed E-state index contributed by atoms with van der Waals surface area (Å²) in [5.74, 6) is -0.586. The number of hydrogen-bond acceptors (Lipinski definition) is 7. The molecule has 0 fully saturated rings. The van der Waals surface area contributed by atoms with Crippen LogP contribution in [0.5, 0.6) is 0 Å². The first-order valence-corrected chi connectivity index (χ1v) is 9.68. The summed E-state index contributed by atoms with van der Waals surface area (Å²) in [6.45, 7) is 4.69. The maximum absolute atomic E-state index is 12.7. The normalized spacial score (nSPS) is 15.4. The first-order chi connectivity index (χ1) is 13.7. The van der Waals surface area contributed by atoms with Crippen molar-refractivity contribution in [2.75, 3.05) is 26.4 Å². The average Bonchev–Trinajstić information content (AvgIpc) is 3.34. The van der Waals surface area contributed by atoms with Crippen LogP contribution in [0.25, 0.3) is 0 Å². The first-order valence-electron chi connectivity index (χ1n) is 9.68. The molecule has 0 radical (unpaired) electrons. The number of carbonyl (C=O) groups is 2. The molecule has 0 aromatic carbocycles. The quantitative estimate of drug-likeness (QED) is 0.554. The van der Waals surface area contributed by atoms with E-state index in [1.807, 2.05) is 11.6 Å². The molecule has 2 aromatic heterocycles. The van der Waals surface area contributed by atoms with E-state index in [-0.39, 0.29) is 18.2 Å². The molecule has 0 atom stereocenters. The van der Waals surface area contributed by atoms with Gasteiger partial charge in [0.1, 0.15) is 0 Å². The van der Waals surface area contributed by atoms with E-state index < -0.39 is 5.97 Å². The van der Waals surface area contributed by atoms with Gasteiger partial charge in [0.2, 0.25) is 0 Å². The zero-order chi connectivity index (χ0) is 19.8. The number of aromatic nitrogens is 5. The van der Waals surface area contributed by atoms with Gasteiger partial charge >= 0.3 is 5.97 Å². The number of aryl methyl sites for hydroxylation is 2. The predicted octanol–water partition coefficient (Wildman–Crippen LogP) is 0.893. The first kappa shape index (κ1) is 20.0. The van der Waals surface area contributed by atoms with Gasteiger partial charge in [-0.2, -0.15) is 5.10 Å². The summed E-state index contributed by atoms with van der Waals surface area (Å²) in [4.78, 5) is 24.5. The fourth-order valence-corrected chi connectivity index (χ4v) is 3.16. The van der Waals surface area contributed by atoms with Gasteiger partial charge in [0.05, 0.1) is 29.8 Å². The molecule has 3 heterocycles. The highest BCUT2D eigenvalue weighted by atomic mass is 16.5. The fraction of sp³-hybridized carbons (Fsp3) is 0.611. The van der Waals surface area contributed by atoms with Crippen LogP contribution < -0.4 is 5.32 Å². The number of H-pyrrole nitrogens is 1. The molecule has 28 heavy (non-hydrogen) atoms. The van der Waals surface area contributed by atoms with E-state index in [4.69, 9.17) is 9.47 Å². The number of amides is 1. The summed E-state index contributed by atoms with van der Waals surface area (Å²) in [6.07, 6.45) is 5.00. The molecule has 0 saturated heterocycles. The molecule has 1 aliphatic heterocycles. The lowest BCUT2D eigenvalue weighted by Crippen LogP contribution is -2.26. The van der Waals surface area contributed by atoms with Gasteiger partial charge in [0.15, 0.2) is 5.69 Å². The third kappa shape index (κ3) is 4.94. The van der Waals surface area contributed by atoms with E-state index in [9.17, 15) is 9.59 Å². The maximum Gasteiger partial charge on any atom is 0.360 e. The van der Waals surface area contributed by atoms with Gasteiger partial charge in [-0.25, -0.2) is 4.79 Å². The summed E-state index contributed by atoms with van der Waals surface area (Å²) in [7, 11) is 0. The molecule has 3 rings (SSSR count). The summed E-state index contributed by atoms with van der Waals surface area (Å²) in [5, 5.41) is 17.2. The zero-order valence-corrected chi connectivity index (χ0v) is 16.1. The minimum atomic E-state index is -0.515. The van der Waals surface area contributed by atoms with Gasteiger partial charge < -0.3 is 14.8 Å². The van der Waals surface area contributed by atoms with Crippen molar-refractivity contribution in [1.29, 1.82) is 0 Å². The SMILES string of the molecule is CCc1nn(CCCOC(=O)c2c[nH]nn2)c2c1C(=O)NCCCOCCC2. The molecule has 0 saturated carbocycles. The second kappa shape index (κ2) is 9.98. The van der Waals surface area contributed by atoms with Gasteiger partial charge in [-0.3, -0.25) is 14.6 Å². The highest BCUT2D eigenvalue weighted by Gasteiger charge is 2.22. The highest BCUT2D eigenvalue weighted by molar-refractivity contribution is 5.96. The van der Waals surface area contributed by atoms with Crippen molar-refractivity contribution in [2.24, 2.45) is 0 Å². The topological polar surface area (TPSA) is 124 Å². The van der Waals surface area contributed by atoms with Gasteiger partial charge in [-0.15, -0.1) is 5.10 Å². The van der Waals surface area contributed by atoms with Crippen LogP contribution in [0.2, 0.25) is 0 Å². The Morgan fingerprint density at radius 3 is 3.00 bits per heavy atom. The minimum Gasteiger partial charge on any atom is -0.461 e. The minimum absolute atomic E-state index is 0.0718. The highest BCUT2D eigenvalue weighted by Crippen LogP contribution is 2.19. The van der Waals surface area contributed by atoms with Crippen LogP contribution in [-0.4, -0.2) is 63.4 Å². The molecule has 0 aliphatic carbocycles. The van der Waals surface area contributed by atoms with Crippen LogP contribution in [0.3, 0.4) is 0 Å². The van der Waals surface area contributed by atoms with Gasteiger partial charge in [0, 0.05) is 32.7 Å². The van der Waals surface area contributed by atoms with Gasteiger partial charge in [-0.05, 0) is 25.7 Å². The molecular formula is C18H26N6O4. The van der Waals surface area contributed by atoms with Gasteiger partial charge in [0.25, 0.3) is 5.91 Å². The van der Waals surface area contributed by atoms with Crippen molar-refractivity contribution in [3.8, 4) is 0 Å². The van der Waals surface area contributed by atoms with E-state index in [1.54, 1.807) is 0 Å². The van der Waals surface area contributed by atoms with Gasteiger partial charge in [-0.1, -0.05) is 12.1 Å². The van der Waals surface area contributed by atoms with Crippen LogP contribution in [-0.2, 0) is 28.9 Å². The Balaban J connectivity index is 1.66. The van der Waals surface area contributed by atoms with E-state index in [1.165, 1.54) is 6.20 Å². The van der Waals surface area contributed by atoms with Crippen molar-refractivity contribution in [1.82, 2.24) is 30.5 Å². The smallest absolute Gasteiger partial charge is 0.360 e. The van der Waals surface area contributed by atoms with Crippen molar-refractivity contribution in [2.45, 2.75) is 45.6 Å². The van der Waals surface area contributed by atoms with E-state index >= 15 is 0 Å². The Labute approximate surface area is 163 Å². The number of carbonyl (C=O) groups excluding carboxylic acids is 2. The molecular weight excluding hydrogens is 364 g/mol. The molecule has 0 bridgehead atoms. The summed E-state index contributed by atoms with van der Waals surface area (Å²) in [6, 6.07) is 0. The Bertz CT molecular complexity index is 786. The Morgan fingerprint density at radius 2 is 2.21 bits per heavy atom. The van der Waals surface area contributed by atoms with E-state index in [0.717, 1.165) is 24.2 Å². The molecule has 1 amide bonds. The lowest BCUT2D eigenvalue weighted by molar-refractivity contribution is 0.0487. The Morgan fingerprint density at radius 1 is 1.36 bits per heavy atom. The molecule has 0 unspecified atom stereocenters. The molecule has 10 nitrogen and oxygen atoms in total. The summed E-state index contributed by atoms with van der Waals surface area (Å²) in [5.41, 5.74) is 2.55. The number of nitrogens with zero attached hydrogens (tertiary/aromatic N) is 4. The summed E-state index contributed by atoms with van der Waals surface area (Å²) < 4.78 is 12.7. The zero-order valence-electron chi connectivity index (χ0n) is 16.1. The van der Waals surface area contributed by atoms with Crippen molar-refractivity contribution >= 4 is 11.9 Å². The van der Waals surface area contributed by atoms with Crippen LogP contribution in [0.1, 0.15) is 58.4 Å². The molecule has 152 valence electrons. The van der Waals surface area contributed by atoms with Crippen LogP contribution in [0.4, 0.5) is 0 Å². The van der Waals surface area contributed by atoms with Crippen LogP contribution in [0, 0.1) is 0 Å². The third-order valence-electron chi connectivity index (χ3n) is 4.52. The molecule has 0 spiro atoms. The number of nitrogens with one attached hydrogen (secondary N) is 2. The second-order valence-corrected chi connectivity index (χ2v) is 6.52. The van der Waals surface area contributed by atoms with Crippen molar-refractivity contribution < 1.29 is 19.1 Å². The average molecular weight is 390 g/mol. The monoisotopic (exact) mass is 390 g/mol. The van der Waals surface area contributed by atoms with E-state index in [2.05, 4.69) is 25.8 Å². The Hall–Kier alpha value is -2.75. The number of fused-ring (bicyclic) bond motifs is 1. The predicted molar refractivity (Wildman–Crippen MR) is 99.0 cm³/mol. The number of esters is 1. The lowest BCUT2D eigenvalue weighted by Gasteiger charge is -2.10. The molecule has 2 aromatic rings. The number of rotatable bonds is 6. The fourth-order valence-electron chi connectivity index (χ4n) is 3.16. The standard InChI is InChI=1S/C18H26N6O4/c1-2-13-16-15(6-3-9-27-10-4-7-19-17(16)25)24(22-13)8-5-11-28-18(26)14-12-20-23-21-14/h12H,2-11H2,1H3,(H,19,25)(H,20,21,23). The van der Waals surface area contributed by atoms with E-state index in [0.29, 0.717) is 51.1 Å². The lowest BCUT2D eigenvalue weighted by atomic mass is 10.1. The number of hydrogen-bond donors (Lipinski definition) is 2. The van der Waals surface area contributed by atoms with Crippen LogP contribution >= 0.6 is 0 Å². The van der Waals surface area contributed by atoms with Crippen LogP contribution in [0.15, 0.2) is 6.20 Å². The second-order valence-electron chi connectivity index (χ2n) is 6.52. The number of aromatic amines is 1. The number of ether oxygens (including phenoxy) is 2. The molecule has 10 heteroatoms. The molecule has 2 N–H and O–H groups in total.